The Morgan fingerprint density at radius 3 is 2.77 bits per heavy atom. The van der Waals surface area contributed by atoms with Crippen LogP contribution < -0.4 is 5.32 Å². The van der Waals surface area contributed by atoms with Crippen LogP contribution in [0.25, 0.3) is 11.0 Å². The number of hydrogen-bond acceptors (Lipinski definition) is 3. The van der Waals surface area contributed by atoms with Crippen molar-refractivity contribution < 1.29 is 19.1 Å². The summed E-state index contributed by atoms with van der Waals surface area (Å²) in [6.07, 6.45) is 1.76. The molecule has 0 saturated heterocycles. The van der Waals surface area contributed by atoms with Crippen LogP contribution in [-0.2, 0) is 4.79 Å². The smallest absolute Gasteiger partial charge is 0.306 e. The Kier molecular flexibility index (Phi) is 3.95. The van der Waals surface area contributed by atoms with E-state index in [1.807, 2.05) is 19.1 Å². The molecule has 0 spiro atoms. The molecule has 3 rings (SSSR count). The molecule has 1 saturated carbocycles. The van der Waals surface area contributed by atoms with Crippen molar-refractivity contribution in [1.29, 1.82) is 0 Å². The van der Waals surface area contributed by atoms with Gasteiger partial charge >= 0.3 is 5.97 Å². The molecule has 1 aliphatic rings. The van der Waals surface area contributed by atoms with Crippen molar-refractivity contribution in [3.05, 3.63) is 34.0 Å². The Hall–Kier alpha value is -1.82. The number of carbonyl (C=O) groups is 2. The molecule has 22 heavy (non-hydrogen) atoms. The second-order valence-electron chi connectivity index (χ2n) is 5.79. The van der Waals surface area contributed by atoms with Crippen LogP contribution in [0.1, 0.15) is 35.4 Å². The molecule has 6 heteroatoms. The number of amides is 1. The summed E-state index contributed by atoms with van der Waals surface area (Å²) in [7, 11) is 0. The van der Waals surface area contributed by atoms with E-state index < -0.39 is 5.97 Å². The van der Waals surface area contributed by atoms with E-state index in [0.29, 0.717) is 24.8 Å². The van der Waals surface area contributed by atoms with Gasteiger partial charge in [0.2, 0.25) is 0 Å². The van der Waals surface area contributed by atoms with E-state index in [1.54, 1.807) is 6.07 Å². The zero-order chi connectivity index (χ0) is 15.9. The number of nitrogens with one attached hydrogen (secondary N) is 1. The lowest BCUT2D eigenvalue weighted by atomic mass is 10.1. The van der Waals surface area contributed by atoms with Crippen LogP contribution in [0.2, 0.25) is 0 Å². The first-order valence-electron chi connectivity index (χ1n) is 7.17. The Labute approximate surface area is 135 Å². The molecule has 0 bridgehead atoms. The van der Waals surface area contributed by atoms with Crippen molar-refractivity contribution in [2.75, 3.05) is 0 Å². The molecule has 1 amide bonds. The van der Waals surface area contributed by atoms with Crippen LogP contribution in [0.5, 0.6) is 0 Å². The molecule has 2 aromatic rings. The fraction of sp³-hybridized carbons (Fsp3) is 0.375. The zero-order valence-corrected chi connectivity index (χ0v) is 13.6. The summed E-state index contributed by atoms with van der Waals surface area (Å²) in [4.78, 5) is 23.2. The minimum Gasteiger partial charge on any atom is -0.481 e. The first-order valence-corrected chi connectivity index (χ1v) is 7.96. The third kappa shape index (κ3) is 2.88. The number of furan rings is 1. The molecular weight excluding hydrogens is 350 g/mol. The summed E-state index contributed by atoms with van der Waals surface area (Å²) < 4.78 is 6.44. The third-order valence-corrected chi connectivity index (χ3v) is 4.65. The van der Waals surface area contributed by atoms with Gasteiger partial charge in [0.25, 0.3) is 5.91 Å². The SMILES string of the molecule is Cc1cc(Br)c2oc(C(=O)N[C@H]3CC[C@@H](C(=O)O)C3)cc2c1. The predicted octanol–water partition coefficient (Wildman–Crippen LogP) is 3.49. The molecule has 0 aliphatic heterocycles. The summed E-state index contributed by atoms with van der Waals surface area (Å²) in [5.74, 6) is -1.20. The van der Waals surface area contributed by atoms with Gasteiger partial charge in [0, 0.05) is 11.4 Å². The first kappa shape index (κ1) is 15.1. The Balaban J connectivity index is 1.76. The summed E-state index contributed by atoms with van der Waals surface area (Å²) in [5, 5.41) is 12.7. The molecule has 1 aromatic heterocycles. The largest absolute Gasteiger partial charge is 0.481 e. The second kappa shape index (κ2) is 5.76. The van der Waals surface area contributed by atoms with Gasteiger partial charge in [0.05, 0.1) is 10.4 Å². The average Bonchev–Trinajstić information content (AvgIpc) is 3.05. The number of carbonyl (C=O) groups excluding carboxylic acids is 1. The predicted molar refractivity (Wildman–Crippen MR) is 84.9 cm³/mol. The van der Waals surface area contributed by atoms with Gasteiger partial charge < -0.3 is 14.8 Å². The highest BCUT2D eigenvalue weighted by Crippen LogP contribution is 2.30. The van der Waals surface area contributed by atoms with Gasteiger partial charge in [-0.3, -0.25) is 9.59 Å². The second-order valence-corrected chi connectivity index (χ2v) is 6.65. The Bertz CT molecular complexity index is 752. The number of carboxylic acids is 1. The maximum absolute atomic E-state index is 12.3. The van der Waals surface area contributed by atoms with Gasteiger partial charge in [-0.1, -0.05) is 0 Å². The van der Waals surface area contributed by atoms with E-state index in [0.717, 1.165) is 15.4 Å². The third-order valence-electron chi connectivity index (χ3n) is 4.06. The van der Waals surface area contributed by atoms with Crippen LogP contribution in [-0.4, -0.2) is 23.0 Å². The number of fused-ring (bicyclic) bond motifs is 1. The number of halogens is 1. The van der Waals surface area contributed by atoms with Crippen molar-refractivity contribution in [2.24, 2.45) is 5.92 Å². The fourth-order valence-corrected chi connectivity index (χ4v) is 3.63. The number of carboxylic acid groups (broad SMARTS) is 1. The van der Waals surface area contributed by atoms with Gasteiger partial charge in [-0.15, -0.1) is 0 Å². The molecule has 0 unspecified atom stereocenters. The highest BCUT2D eigenvalue weighted by atomic mass is 79.9. The number of benzene rings is 1. The zero-order valence-electron chi connectivity index (χ0n) is 12.1. The molecule has 5 nitrogen and oxygen atoms in total. The van der Waals surface area contributed by atoms with Crippen molar-refractivity contribution in [2.45, 2.75) is 32.2 Å². The molecule has 1 aromatic carbocycles. The molecule has 116 valence electrons. The van der Waals surface area contributed by atoms with Crippen LogP contribution in [0.4, 0.5) is 0 Å². The van der Waals surface area contributed by atoms with E-state index >= 15 is 0 Å². The van der Waals surface area contributed by atoms with Gasteiger partial charge in [0.1, 0.15) is 5.58 Å². The van der Waals surface area contributed by atoms with Gasteiger partial charge in [-0.05, 0) is 65.9 Å². The lowest BCUT2D eigenvalue weighted by Gasteiger charge is -2.10. The van der Waals surface area contributed by atoms with Crippen LogP contribution in [0.3, 0.4) is 0 Å². The minimum absolute atomic E-state index is 0.105. The van der Waals surface area contributed by atoms with Crippen molar-refractivity contribution in [3.8, 4) is 0 Å². The summed E-state index contributed by atoms with van der Waals surface area (Å²) >= 11 is 3.43. The molecule has 2 N–H and O–H groups in total. The lowest BCUT2D eigenvalue weighted by Crippen LogP contribution is -2.33. The van der Waals surface area contributed by atoms with Gasteiger partial charge in [-0.2, -0.15) is 0 Å². The van der Waals surface area contributed by atoms with E-state index in [4.69, 9.17) is 9.52 Å². The highest BCUT2D eigenvalue weighted by Gasteiger charge is 2.31. The van der Waals surface area contributed by atoms with E-state index in [-0.39, 0.29) is 23.6 Å². The normalized spacial score (nSPS) is 21.2. The van der Waals surface area contributed by atoms with Crippen molar-refractivity contribution >= 4 is 38.8 Å². The summed E-state index contributed by atoms with van der Waals surface area (Å²) in [6, 6.07) is 5.50. The molecule has 2 atom stereocenters. The monoisotopic (exact) mass is 365 g/mol. The maximum Gasteiger partial charge on any atom is 0.306 e. The number of aryl methyl sites for hydroxylation is 1. The minimum atomic E-state index is -0.792. The Morgan fingerprint density at radius 1 is 1.32 bits per heavy atom. The fourth-order valence-electron chi connectivity index (χ4n) is 2.96. The number of aliphatic carboxylic acids is 1. The average molecular weight is 366 g/mol. The molecule has 1 aliphatic carbocycles. The quantitative estimate of drug-likeness (QED) is 0.872. The standard InChI is InChI=1S/C16H16BrNO4/c1-8-4-10-7-13(22-14(10)12(17)5-8)15(19)18-11-3-2-9(6-11)16(20)21/h4-5,7,9,11H,2-3,6H2,1H3,(H,18,19)(H,20,21)/t9-,11+/m1/s1. The van der Waals surface area contributed by atoms with E-state index in [1.165, 1.54) is 0 Å². The summed E-state index contributed by atoms with van der Waals surface area (Å²) in [6.45, 7) is 1.97. The highest BCUT2D eigenvalue weighted by molar-refractivity contribution is 9.10. The summed E-state index contributed by atoms with van der Waals surface area (Å²) in [5.41, 5.74) is 1.72. The first-order chi connectivity index (χ1) is 10.4. The van der Waals surface area contributed by atoms with E-state index in [9.17, 15) is 9.59 Å². The molecule has 1 fully saturated rings. The van der Waals surface area contributed by atoms with Crippen LogP contribution in [0, 0.1) is 12.8 Å². The number of rotatable bonds is 3. The van der Waals surface area contributed by atoms with Crippen molar-refractivity contribution in [1.82, 2.24) is 5.32 Å². The van der Waals surface area contributed by atoms with Crippen molar-refractivity contribution in [3.63, 3.8) is 0 Å². The molecule has 1 heterocycles. The van der Waals surface area contributed by atoms with Crippen LogP contribution >= 0.6 is 15.9 Å². The topological polar surface area (TPSA) is 79.5 Å². The molecule has 0 radical (unpaired) electrons. The number of hydrogen-bond donors (Lipinski definition) is 2. The lowest BCUT2D eigenvalue weighted by molar-refractivity contribution is -0.141. The van der Waals surface area contributed by atoms with Gasteiger partial charge in [0.15, 0.2) is 5.76 Å². The van der Waals surface area contributed by atoms with Gasteiger partial charge in [-0.25, -0.2) is 0 Å². The maximum atomic E-state index is 12.3. The van der Waals surface area contributed by atoms with E-state index in [2.05, 4.69) is 21.2 Å². The Morgan fingerprint density at radius 2 is 2.09 bits per heavy atom. The van der Waals surface area contributed by atoms with Crippen LogP contribution in [0.15, 0.2) is 27.1 Å². The molecular formula is C16H16BrNO4.